The fraction of sp³-hybridized carbons (Fsp3) is 0.400. The van der Waals surface area contributed by atoms with Crippen molar-refractivity contribution >= 4 is 34.1 Å². The molecule has 1 aliphatic rings. The average Bonchev–Trinajstić information content (AvgIpc) is 2.82. The molecule has 1 aromatic rings. The van der Waals surface area contributed by atoms with E-state index in [0.717, 1.165) is 17.7 Å². The fourth-order valence-electron chi connectivity index (χ4n) is 1.86. The number of nitrogens with one attached hydrogen (secondary N) is 1. The molecule has 0 bridgehead atoms. The molecule has 1 aliphatic heterocycles. The minimum absolute atomic E-state index is 0.494. The van der Waals surface area contributed by atoms with Crippen LogP contribution in [-0.4, -0.2) is 17.4 Å². The van der Waals surface area contributed by atoms with Gasteiger partial charge in [0.25, 0.3) is 0 Å². The van der Waals surface area contributed by atoms with Gasteiger partial charge >= 0.3 is 6.09 Å². The molecule has 0 fully saturated rings. The number of nitrogens with two attached hydrogens (primary N) is 1. The summed E-state index contributed by atoms with van der Waals surface area (Å²) in [6.07, 6.45) is 2.81. The molecule has 5 heteroatoms. The number of allylic oxidation sites excluding steroid dienone is 1. The lowest BCUT2D eigenvalue weighted by atomic mass is 10.1. The van der Waals surface area contributed by atoms with E-state index in [1.807, 2.05) is 50.7 Å². The Labute approximate surface area is 123 Å². The monoisotopic (exact) mass is 292 g/mol. The van der Waals surface area contributed by atoms with Crippen molar-refractivity contribution in [1.82, 2.24) is 0 Å². The Morgan fingerprint density at radius 1 is 1.40 bits per heavy atom. The third kappa shape index (κ3) is 3.93. The van der Waals surface area contributed by atoms with Crippen LogP contribution < -0.4 is 11.1 Å². The van der Waals surface area contributed by atoms with Crippen LogP contribution in [0.1, 0.15) is 32.8 Å². The number of nitrogen functional groups attached to an aromatic ring is 1. The molecule has 2 rings (SSSR count). The topological polar surface area (TPSA) is 64.3 Å². The molecule has 0 aliphatic carbocycles. The lowest BCUT2D eigenvalue weighted by Crippen LogP contribution is -2.27. The second-order valence-electron chi connectivity index (χ2n) is 5.63. The Bertz CT molecular complexity index is 547. The van der Waals surface area contributed by atoms with Crippen LogP contribution >= 0.6 is 11.8 Å². The van der Waals surface area contributed by atoms with E-state index in [0.29, 0.717) is 11.4 Å². The highest BCUT2D eigenvalue weighted by atomic mass is 32.2. The second kappa shape index (κ2) is 5.79. The Hall–Kier alpha value is -1.62. The van der Waals surface area contributed by atoms with Gasteiger partial charge in [-0.05, 0) is 44.9 Å². The summed E-state index contributed by atoms with van der Waals surface area (Å²) in [4.78, 5) is 13.0. The molecule has 0 aromatic heterocycles. The zero-order valence-corrected chi connectivity index (χ0v) is 12.8. The molecule has 1 aromatic carbocycles. The maximum atomic E-state index is 11.7. The van der Waals surface area contributed by atoms with Crippen molar-refractivity contribution in [3.05, 3.63) is 29.8 Å². The van der Waals surface area contributed by atoms with Crippen molar-refractivity contribution in [1.29, 1.82) is 0 Å². The van der Waals surface area contributed by atoms with E-state index < -0.39 is 11.7 Å². The first-order chi connectivity index (χ1) is 9.35. The van der Waals surface area contributed by atoms with Crippen molar-refractivity contribution < 1.29 is 9.53 Å². The molecular weight excluding hydrogens is 272 g/mol. The number of hydrogen-bond acceptors (Lipinski definition) is 4. The summed E-state index contributed by atoms with van der Waals surface area (Å²) < 4.78 is 5.21. The number of benzene rings is 1. The standard InChI is InChI=1S/C15H20N2O2S/c1-15(2,3)19-14(18)17-12-7-6-10(9-11(12)16)13-5-4-8-20-13/h5-7,9H,4,8,16H2,1-3H3,(H,17,18). The van der Waals surface area contributed by atoms with Gasteiger partial charge in [0.1, 0.15) is 5.60 Å². The van der Waals surface area contributed by atoms with Gasteiger partial charge in [-0.15, -0.1) is 11.8 Å². The third-order valence-corrected chi connectivity index (χ3v) is 3.83. The van der Waals surface area contributed by atoms with Crippen molar-refractivity contribution in [2.75, 3.05) is 16.8 Å². The van der Waals surface area contributed by atoms with Crippen LogP contribution in [0.15, 0.2) is 24.3 Å². The van der Waals surface area contributed by atoms with E-state index in [2.05, 4.69) is 11.4 Å². The smallest absolute Gasteiger partial charge is 0.412 e. The summed E-state index contributed by atoms with van der Waals surface area (Å²) in [6, 6.07) is 5.67. The van der Waals surface area contributed by atoms with Gasteiger partial charge in [0.15, 0.2) is 0 Å². The highest BCUT2D eigenvalue weighted by Crippen LogP contribution is 2.35. The van der Waals surface area contributed by atoms with E-state index in [1.54, 1.807) is 0 Å². The average molecular weight is 292 g/mol. The molecule has 0 spiro atoms. The Morgan fingerprint density at radius 3 is 2.70 bits per heavy atom. The van der Waals surface area contributed by atoms with Crippen LogP contribution in [0.25, 0.3) is 4.91 Å². The van der Waals surface area contributed by atoms with E-state index in [1.165, 1.54) is 4.91 Å². The second-order valence-corrected chi connectivity index (χ2v) is 6.77. The van der Waals surface area contributed by atoms with Crippen LogP contribution in [0.4, 0.5) is 16.2 Å². The van der Waals surface area contributed by atoms with Crippen molar-refractivity contribution in [3.63, 3.8) is 0 Å². The SMILES string of the molecule is CC(C)(C)OC(=O)Nc1ccc(C2=CCCS2)cc1N. The fourth-order valence-corrected chi connectivity index (χ4v) is 2.85. The zero-order valence-electron chi connectivity index (χ0n) is 12.0. The number of thioether (sulfide) groups is 1. The van der Waals surface area contributed by atoms with Gasteiger partial charge in [-0.2, -0.15) is 0 Å². The van der Waals surface area contributed by atoms with Gasteiger partial charge in [0.05, 0.1) is 11.4 Å². The number of ether oxygens (including phenoxy) is 1. The van der Waals surface area contributed by atoms with Gasteiger partial charge in [-0.3, -0.25) is 5.32 Å². The molecule has 4 nitrogen and oxygen atoms in total. The number of amides is 1. The normalized spacial score (nSPS) is 14.8. The lowest BCUT2D eigenvalue weighted by molar-refractivity contribution is 0.0636. The summed E-state index contributed by atoms with van der Waals surface area (Å²) in [7, 11) is 0. The largest absolute Gasteiger partial charge is 0.444 e. The van der Waals surface area contributed by atoms with Gasteiger partial charge in [-0.25, -0.2) is 4.79 Å². The van der Waals surface area contributed by atoms with Crippen LogP contribution in [0.5, 0.6) is 0 Å². The maximum Gasteiger partial charge on any atom is 0.412 e. The van der Waals surface area contributed by atoms with Gasteiger partial charge in [0, 0.05) is 10.7 Å². The van der Waals surface area contributed by atoms with Gasteiger partial charge in [0.2, 0.25) is 0 Å². The summed E-state index contributed by atoms with van der Waals surface area (Å²) in [5.41, 5.74) is 7.69. The van der Waals surface area contributed by atoms with Crippen molar-refractivity contribution in [2.24, 2.45) is 0 Å². The molecular formula is C15H20N2O2S. The lowest BCUT2D eigenvalue weighted by Gasteiger charge is -2.20. The minimum Gasteiger partial charge on any atom is -0.444 e. The van der Waals surface area contributed by atoms with Crippen LogP contribution in [-0.2, 0) is 4.74 Å². The van der Waals surface area contributed by atoms with E-state index in [9.17, 15) is 4.79 Å². The molecule has 1 amide bonds. The van der Waals surface area contributed by atoms with E-state index in [4.69, 9.17) is 10.5 Å². The summed E-state index contributed by atoms with van der Waals surface area (Å²) in [6.45, 7) is 5.47. The van der Waals surface area contributed by atoms with Crippen LogP contribution in [0, 0.1) is 0 Å². The molecule has 0 atom stereocenters. The number of anilines is 2. The Balaban J connectivity index is 2.08. The first kappa shape index (κ1) is 14.8. The molecule has 108 valence electrons. The zero-order chi connectivity index (χ0) is 14.8. The number of hydrogen-bond donors (Lipinski definition) is 2. The highest BCUT2D eigenvalue weighted by molar-refractivity contribution is 8.08. The third-order valence-electron chi connectivity index (χ3n) is 2.68. The minimum atomic E-state index is -0.524. The molecule has 3 N–H and O–H groups in total. The first-order valence-corrected chi connectivity index (χ1v) is 7.56. The molecule has 0 radical (unpaired) electrons. The Morgan fingerprint density at radius 2 is 2.15 bits per heavy atom. The van der Waals surface area contributed by atoms with E-state index in [-0.39, 0.29) is 0 Å². The van der Waals surface area contributed by atoms with Gasteiger partial charge in [-0.1, -0.05) is 12.1 Å². The number of rotatable bonds is 2. The molecule has 0 unspecified atom stereocenters. The van der Waals surface area contributed by atoms with Crippen LogP contribution in [0.2, 0.25) is 0 Å². The highest BCUT2D eigenvalue weighted by Gasteiger charge is 2.17. The molecule has 20 heavy (non-hydrogen) atoms. The molecule has 1 heterocycles. The van der Waals surface area contributed by atoms with Crippen molar-refractivity contribution in [3.8, 4) is 0 Å². The molecule has 0 saturated heterocycles. The number of carbonyl (C=O) groups excluding carboxylic acids is 1. The summed E-state index contributed by atoms with van der Waals surface area (Å²) >= 11 is 1.83. The predicted octanol–water partition coefficient (Wildman–Crippen LogP) is 4.09. The maximum absolute atomic E-state index is 11.7. The summed E-state index contributed by atoms with van der Waals surface area (Å²) in [5, 5.41) is 2.67. The predicted molar refractivity (Wildman–Crippen MR) is 85.8 cm³/mol. The van der Waals surface area contributed by atoms with Crippen LogP contribution in [0.3, 0.4) is 0 Å². The summed E-state index contributed by atoms with van der Waals surface area (Å²) in [5.74, 6) is 1.12. The number of carbonyl (C=O) groups is 1. The first-order valence-electron chi connectivity index (χ1n) is 6.58. The quantitative estimate of drug-likeness (QED) is 0.806. The van der Waals surface area contributed by atoms with Crippen molar-refractivity contribution in [2.45, 2.75) is 32.8 Å². The van der Waals surface area contributed by atoms with Gasteiger partial charge < -0.3 is 10.5 Å². The Kier molecular flexibility index (Phi) is 4.28. The molecule has 0 saturated carbocycles. The van der Waals surface area contributed by atoms with E-state index >= 15 is 0 Å².